The molecule has 3 heterocycles. The van der Waals surface area contributed by atoms with E-state index in [2.05, 4.69) is 25.5 Å². The van der Waals surface area contributed by atoms with Gasteiger partial charge in [-0.2, -0.15) is 5.10 Å². The molecular weight excluding hydrogens is 411 g/mol. The predicted octanol–water partition coefficient (Wildman–Crippen LogP) is 2.67. The number of amides is 2. The average Bonchev–Trinajstić information content (AvgIpc) is 3.26. The Hall–Kier alpha value is -4.40. The molecule has 0 saturated heterocycles. The van der Waals surface area contributed by atoms with Crippen LogP contribution in [0.5, 0.6) is 0 Å². The van der Waals surface area contributed by atoms with Gasteiger partial charge in [0, 0.05) is 18.2 Å². The molecule has 0 fully saturated rings. The van der Waals surface area contributed by atoms with Gasteiger partial charge in [0.25, 0.3) is 11.8 Å². The normalized spacial score (nSPS) is 15.8. The van der Waals surface area contributed by atoms with Crippen molar-refractivity contribution in [1.82, 2.24) is 20.5 Å². The number of H-pyrrole nitrogens is 1. The Morgan fingerprint density at radius 3 is 2.62 bits per heavy atom. The Morgan fingerprint density at radius 1 is 1.06 bits per heavy atom. The number of benzodiazepines with no additional fused rings is 1. The first-order valence-electron chi connectivity index (χ1n) is 9.83. The van der Waals surface area contributed by atoms with Crippen LogP contribution in [0, 0.1) is 5.82 Å². The Balaban J connectivity index is 1.58. The summed E-state index contributed by atoms with van der Waals surface area (Å²) in [6.07, 6.45) is 0.234. The number of benzene rings is 2. The molecule has 0 radical (unpaired) electrons. The molecule has 32 heavy (non-hydrogen) atoms. The van der Waals surface area contributed by atoms with Crippen LogP contribution in [0.3, 0.4) is 0 Å². The van der Waals surface area contributed by atoms with Crippen molar-refractivity contribution in [2.45, 2.75) is 6.17 Å². The maximum atomic E-state index is 14.7. The van der Waals surface area contributed by atoms with Crippen LogP contribution < -0.4 is 10.2 Å². The number of aromatic nitrogens is 3. The smallest absolute Gasteiger partial charge is 0.272 e. The maximum absolute atomic E-state index is 14.7. The first-order valence-corrected chi connectivity index (χ1v) is 9.83. The second-order valence-corrected chi connectivity index (χ2v) is 7.25. The van der Waals surface area contributed by atoms with Crippen molar-refractivity contribution in [3.05, 3.63) is 89.5 Å². The highest BCUT2D eigenvalue weighted by Crippen LogP contribution is 2.28. The molecule has 1 aliphatic rings. The fourth-order valence-electron chi connectivity index (χ4n) is 3.64. The zero-order chi connectivity index (χ0) is 22.2. The quantitative estimate of drug-likeness (QED) is 0.524. The highest BCUT2D eigenvalue weighted by molar-refractivity contribution is 6.20. The number of nitrogens with zero attached hydrogens (tertiary/aromatic N) is 4. The van der Waals surface area contributed by atoms with E-state index in [9.17, 15) is 14.0 Å². The second-order valence-electron chi connectivity index (χ2n) is 7.25. The summed E-state index contributed by atoms with van der Waals surface area (Å²) >= 11 is 0. The van der Waals surface area contributed by atoms with Gasteiger partial charge >= 0.3 is 0 Å². The summed E-state index contributed by atoms with van der Waals surface area (Å²) in [6.45, 7) is 0. The predicted molar refractivity (Wildman–Crippen MR) is 117 cm³/mol. The maximum Gasteiger partial charge on any atom is 0.272 e. The number of hydrogen-bond acceptors (Lipinski definition) is 5. The van der Waals surface area contributed by atoms with Crippen LogP contribution in [0.1, 0.15) is 21.6 Å². The van der Waals surface area contributed by atoms with Crippen LogP contribution in [0.4, 0.5) is 10.1 Å². The van der Waals surface area contributed by atoms with Gasteiger partial charge in [0.2, 0.25) is 6.17 Å². The van der Waals surface area contributed by atoms with Gasteiger partial charge in [-0.15, -0.1) is 0 Å². The minimum atomic E-state index is -1.27. The van der Waals surface area contributed by atoms with Gasteiger partial charge in [0.1, 0.15) is 17.0 Å². The lowest BCUT2D eigenvalue weighted by molar-refractivity contribution is -0.119. The molecule has 0 saturated carbocycles. The molecule has 0 aliphatic carbocycles. The number of nitrogens with one attached hydrogen (secondary N) is 2. The summed E-state index contributed by atoms with van der Waals surface area (Å²) < 4.78 is 14.7. The molecular formula is C23H17FN6O2. The summed E-state index contributed by atoms with van der Waals surface area (Å²) in [5, 5.41) is 9.29. The summed E-state index contributed by atoms with van der Waals surface area (Å²) in [7, 11) is 1.59. The highest BCUT2D eigenvalue weighted by Gasteiger charge is 2.32. The van der Waals surface area contributed by atoms with E-state index in [4.69, 9.17) is 0 Å². The number of hydrogen-bond donors (Lipinski definition) is 2. The van der Waals surface area contributed by atoms with Crippen LogP contribution in [-0.4, -0.2) is 45.9 Å². The van der Waals surface area contributed by atoms with Crippen LogP contribution in [0.25, 0.3) is 11.0 Å². The molecule has 9 heteroatoms. The largest absolute Gasteiger partial charge is 0.321 e. The molecule has 2 amide bonds. The standard InChI is InChI=1S/C23H17FN6O2/c1-30-19-9-5-3-7-14(19)20(13-6-2-4-8-15(13)24)27-21(23(30)32)28-22(31)17-11-10-16-18(26-17)12-25-29-16/h2-12,21H,1H3,(H,25,29)(H,28,31). The number of anilines is 1. The van der Waals surface area contributed by atoms with Gasteiger partial charge in [-0.25, -0.2) is 14.4 Å². The van der Waals surface area contributed by atoms with Gasteiger partial charge in [-0.3, -0.25) is 14.7 Å². The van der Waals surface area contributed by atoms with Crippen LogP contribution in [0.15, 0.2) is 71.9 Å². The van der Waals surface area contributed by atoms with E-state index in [1.54, 1.807) is 55.6 Å². The Labute approximate surface area is 181 Å². The zero-order valence-electron chi connectivity index (χ0n) is 16.9. The topological polar surface area (TPSA) is 103 Å². The first-order chi connectivity index (χ1) is 15.5. The molecule has 2 aromatic heterocycles. The summed E-state index contributed by atoms with van der Waals surface area (Å²) in [4.78, 5) is 36.3. The van der Waals surface area contributed by atoms with E-state index in [0.717, 1.165) is 0 Å². The number of aromatic amines is 1. The van der Waals surface area contributed by atoms with E-state index < -0.39 is 23.8 Å². The number of aliphatic imine (C=N–C) groups is 1. The SMILES string of the molecule is CN1C(=O)C(NC(=O)c2ccc3[nH]ncc3n2)N=C(c2ccccc2F)c2ccccc21. The number of likely N-dealkylation sites (N-methyl/N-ethyl adjacent to an activating group) is 1. The third-order valence-corrected chi connectivity index (χ3v) is 5.27. The number of para-hydroxylation sites is 1. The third kappa shape index (κ3) is 3.29. The molecule has 1 atom stereocenters. The molecule has 0 bridgehead atoms. The number of rotatable bonds is 3. The molecule has 4 aromatic rings. The first kappa shape index (κ1) is 19.6. The number of halogens is 1. The van der Waals surface area contributed by atoms with Crippen LogP contribution in [0.2, 0.25) is 0 Å². The monoisotopic (exact) mass is 428 g/mol. The van der Waals surface area contributed by atoms with E-state index in [1.807, 2.05) is 0 Å². The van der Waals surface area contributed by atoms with Crippen molar-refractivity contribution in [1.29, 1.82) is 0 Å². The lowest BCUT2D eigenvalue weighted by atomic mass is 10.00. The van der Waals surface area contributed by atoms with Crippen molar-refractivity contribution in [3.8, 4) is 0 Å². The number of carbonyl (C=O) groups excluding carboxylic acids is 2. The van der Waals surface area contributed by atoms with E-state index in [-0.39, 0.29) is 17.0 Å². The Morgan fingerprint density at radius 2 is 1.81 bits per heavy atom. The molecule has 2 aromatic carbocycles. The fourth-order valence-corrected chi connectivity index (χ4v) is 3.64. The van der Waals surface area contributed by atoms with Crippen LogP contribution in [-0.2, 0) is 4.79 Å². The van der Waals surface area contributed by atoms with Crippen molar-refractivity contribution >= 4 is 34.2 Å². The van der Waals surface area contributed by atoms with E-state index >= 15 is 0 Å². The van der Waals surface area contributed by atoms with E-state index in [1.165, 1.54) is 23.2 Å². The summed E-state index contributed by atoms with van der Waals surface area (Å²) in [5.41, 5.74) is 2.98. The molecule has 1 aliphatic heterocycles. The molecule has 1 unspecified atom stereocenters. The van der Waals surface area contributed by atoms with Gasteiger partial charge in [0.05, 0.1) is 23.1 Å². The molecule has 158 valence electrons. The third-order valence-electron chi connectivity index (χ3n) is 5.27. The summed E-state index contributed by atoms with van der Waals surface area (Å²) in [6, 6.07) is 16.5. The zero-order valence-corrected chi connectivity index (χ0v) is 16.9. The Kier molecular flexibility index (Phi) is 4.70. The summed E-state index contributed by atoms with van der Waals surface area (Å²) in [5.74, 6) is -1.51. The van der Waals surface area contributed by atoms with Gasteiger partial charge < -0.3 is 10.2 Å². The Bertz CT molecular complexity index is 1400. The van der Waals surface area contributed by atoms with E-state index in [0.29, 0.717) is 22.3 Å². The highest BCUT2D eigenvalue weighted by atomic mass is 19.1. The number of pyridine rings is 1. The lowest BCUT2D eigenvalue weighted by Gasteiger charge is -2.20. The minimum Gasteiger partial charge on any atom is -0.321 e. The van der Waals surface area contributed by atoms with Gasteiger partial charge in [-0.05, 0) is 30.3 Å². The van der Waals surface area contributed by atoms with Gasteiger partial charge in [-0.1, -0.05) is 30.3 Å². The van der Waals surface area contributed by atoms with Crippen molar-refractivity contribution in [2.75, 3.05) is 11.9 Å². The van der Waals surface area contributed by atoms with Crippen molar-refractivity contribution in [2.24, 2.45) is 4.99 Å². The number of carbonyl (C=O) groups is 2. The van der Waals surface area contributed by atoms with Gasteiger partial charge in [0.15, 0.2) is 0 Å². The minimum absolute atomic E-state index is 0.110. The molecule has 8 nitrogen and oxygen atoms in total. The fraction of sp³-hybridized carbons (Fsp3) is 0.0870. The number of fused-ring (bicyclic) bond motifs is 2. The van der Waals surface area contributed by atoms with Crippen molar-refractivity contribution < 1.29 is 14.0 Å². The second kappa shape index (κ2) is 7.69. The molecule has 2 N–H and O–H groups in total. The molecule has 5 rings (SSSR count). The average molecular weight is 428 g/mol. The van der Waals surface area contributed by atoms with Crippen LogP contribution >= 0.6 is 0 Å². The van der Waals surface area contributed by atoms with Crippen molar-refractivity contribution in [3.63, 3.8) is 0 Å². The molecule has 0 spiro atoms. The lowest BCUT2D eigenvalue weighted by Crippen LogP contribution is -2.46.